The number of likely N-dealkylation sites (tertiary alicyclic amines) is 1. The van der Waals surface area contributed by atoms with Crippen LogP contribution in [0.4, 0.5) is 0 Å². The Morgan fingerprint density at radius 2 is 1.88 bits per heavy atom. The minimum absolute atomic E-state index is 0.0370. The summed E-state index contributed by atoms with van der Waals surface area (Å²) in [6, 6.07) is 12.9. The van der Waals surface area contributed by atoms with Crippen molar-refractivity contribution in [1.82, 2.24) is 15.1 Å². The van der Waals surface area contributed by atoms with Crippen molar-refractivity contribution in [1.29, 1.82) is 0 Å². The zero-order valence-corrected chi connectivity index (χ0v) is 18.5. The number of benzene rings is 1. The Morgan fingerprint density at radius 1 is 1.12 bits per heavy atom. The van der Waals surface area contributed by atoms with Gasteiger partial charge in [-0.2, -0.15) is 0 Å². The average Bonchev–Trinajstić information content (AvgIpc) is 3.35. The number of hydrogen-bond acceptors (Lipinski definition) is 4. The van der Waals surface area contributed by atoms with Crippen molar-refractivity contribution in [3.05, 3.63) is 66.1 Å². The molecule has 7 heteroatoms. The van der Waals surface area contributed by atoms with Gasteiger partial charge in [-0.05, 0) is 49.6 Å². The molecule has 32 heavy (non-hydrogen) atoms. The molecule has 0 radical (unpaired) electrons. The first kappa shape index (κ1) is 23.3. The molecule has 170 valence electrons. The lowest BCUT2D eigenvalue weighted by atomic mass is 10.0. The molecule has 7 nitrogen and oxygen atoms in total. The third kappa shape index (κ3) is 6.57. The Labute approximate surface area is 189 Å². The molecule has 0 spiro atoms. The highest BCUT2D eigenvalue weighted by Gasteiger charge is 2.29. The average molecular weight is 438 g/mol. The summed E-state index contributed by atoms with van der Waals surface area (Å²) in [4.78, 5) is 41.2. The van der Waals surface area contributed by atoms with Crippen molar-refractivity contribution in [3.8, 4) is 0 Å². The Hall–Kier alpha value is -3.35. The number of furan rings is 1. The molecule has 0 saturated carbocycles. The molecule has 3 rings (SSSR count). The van der Waals surface area contributed by atoms with Gasteiger partial charge >= 0.3 is 0 Å². The van der Waals surface area contributed by atoms with E-state index in [0.717, 1.165) is 19.3 Å². The predicted octanol–water partition coefficient (Wildman–Crippen LogP) is 3.34. The van der Waals surface area contributed by atoms with E-state index in [1.54, 1.807) is 24.5 Å². The Kier molecular flexibility index (Phi) is 8.66. The number of carbonyl (C=O) groups is 3. The Balaban J connectivity index is 1.45. The summed E-state index contributed by atoms with van der Waals surface area (Å²) in [5.74, 6) is 0.421. The number of piperidine rings is 1. The summed E-state index contributed by atoms with van der Waals surface area (Å²) in [5.41, 5.74) is 0.698. The first-order chi connectivity index (χ1) is 15.6. The Morgan fingerprint density at radius 3 is 2.53 bits per heavy atom. The smallest absolute Gasteiger partial charge is 0.253 e. The lowest BCUT2D eigenvalue weighted by Gasteiger charge is -2.38. The molecule has 3 amide bonds. The third-order valence-corrected chi connectivity index (χ3v) is 5.58. The van der Waals surface area contributed by atoms with Crippen molar-refractivity contribution in [2.45, 2.75) is 38.6 Å². The van der Waals surface area contributed by atoms with Gasteiger partial charge in [0.25, 0.3) is 5.91 Å². The van der Waals surface area contributed by atoms with Gasteiger partial charge in [0, 0.05) is 50.3 Å². The molecule has 1 aromatic carbocycles. The second-order valence-corrected chi connectivity index (χ2v) is 7.87. The van der Waals surface area contributed by atoms with E-state index in [0.29, 0.717) is 31.0 Å². The van der Waals surface area contributed by atoms with E-state index < -0.39 is 0 Å². The number of amides is 3. The van der Waals surface area contributed by atoms with Crippen LogP contribution in [0, 0.1) is 0 Å². The van der Waals surface area contributed by atoms with E-state index in [4.69, 9.17) is 4.42 Å². The van der Waals surface area contributed by atoms with Crippen LogP contribution in [0.15, 0.2) is 59.2 Å². The van der Waals surface area contributed by atoms with Crippen LogP contribution in [0.3, 0.4) is 0 Å². The van der Waals surface area contributed by atoms with E-state index in [2.05, 4.69) is 12.2 Å². The molecule has 0 unspecified atom stereocenters. The number of rotatable bonds is 9. The molecule has 1 N–H and O–H groups in total. The fourth-order valence-corrected chi connectivity index (χ4v) is 3.93. The van der Waals surface area contributed by atoms with Crippen LogP contribution in [0.25, 0.3) is 6.08 Å². The number of carbonyl (C=O) groups excluding carboxylic acids is 3. The van der Waals surface area contributed by atoms with Gasteiger partial charge in [0.15, 0.2) is 0 Å². The third-order valence-electron chi connectivity index (χ3n) is 5.58. The summed E-state index contributed by atoms with van der Waals surface area (Å²) in [7, 11) is 0. The van der Waals surface area contributed by atoms with Gasteiger partial charge in [0.2, 0.25) is 11.8 Å². The van der Waals surface area contributed by atoms with Crippen LogP contribution >= 0.6 is 0 Å². The summed E-state index contributed by atoms with van der Waals surface area (Å²) >= 11 is 0. The van der Waals surface area contributed by atoms with Crippen molar-refractivity contribution in [2.24, 2.45) is 0 Å². The van der Waals surface area contributed by atoms with Crippen molar-refractivity contribution >= 4 is 23.8 Å². The zero-order valence-electron chi connectivity index (χ0n) is 18.5. The highest BCUT2D eigenvalue weighted by molar-refractivity contribution is 5.94. The lowest BCUT2D eigenvalue weighted by Crippen LogP contribution is -2.49. The fraction of sp³-hybridized carbons (Fsp3) is 0.400. The fourth-order valence-electron chi connectivity index (χ4n) is 3.93. The zero-order chi connectivity index (χ0) is 22.8. The Bertz CT molecular complexity index is 901. The highest BCUT2D eigenvalue weighted by Crippen LogP contribution is 2.20. The van der Waals surface area contributed by atoms with Crippen LogP contribution < -0.4 is 5.32 Å². The van der Waals surface area contributed by atoms with Crippen LogP contribution in [0.1, 0.15) is 48.7 Å². The van der Waals surface area contributed by atoms with Crippen LogP contribution in [0.2, 0.25) is 0 Å². The first-order valence-corrected chi connectivity index (χ1v) is 11.2. The summed E-state index contributed by atoms with van der Waals surface area (Å²) in [6.07, 6.45) is 7.18. The standard InChI is InChI=1S/C25H31N3O4/c1-2-16-28(24(30)12-15-26-23(29)11-10-22-9-6-19-32-22)21-13-17-27(18-14-21)25(31)20-7-4-3-5-8-20/h3-11,19,21H,2,12-18H2,1H3,(H,26,29)/b11-10+. The van der Waals surface area contributed by atoms with Gasteiger partial charge in [0.1, 0.15) is 5.76 Å². The molecule has 1 aliphatic rings. The molecule has 1 aliphatic heterocycles. The predicted molar refractivity (Wildman–Crippen MR) is 123 cm³/mol. The van der Waals surface area contributed by atoms with Crippen molar-refractivity contribution in [3.63, 3.8) is 0 Å². The molecule has 1 aromatic heterocycles. The van der Waals surface area contributed by atoms with E-state index in [1.165, 1.54) is 6.08 Å². The molecule has 2 heterocycles. The quantitative estimate of drug-likeness (QED) is 0.610. The van der Waals surface area contributed by atoms with Gasteiger partial charge in [-0.3, -0.25) is 14.4 Å². The molecule has 2 aromatic rings. The largest absolute Gasteiger partial charge is 0.465 e. The van der Waals surface area contributed by atoms with Gasteiger partial charge in [0.05, 0.1) is 6.26 Å². The summed E-state index contributed by atoms with van der Waals surface area (Å²) in [5, 5.41) is 2.75. The minimum atomic E-state index is -0.260. The maximum absolute atomic E-state index is 12.9. The summed E-state index contributed by atoms with van der Waals surface area (Å²) < 4.78 is 5.15. The van der Waals surface area contributed by atoms with E-state index in [-0.39, 0.29) is 36.7 Å². The van der Waals surface area contributed by atoms with Gasteiger partial charge in [-0.25, -0.2) is 0 Å². The first-order valence-electron chi connectivity index (χ1n) is 11.2. The van der Waals surface area contributed by atoms with Crippen LogP contribution in [-0.2, 0) is 9.59 Å². The number of nitrogens with one attached hydrogen (secondary N) is 1. The minimum Gasteiger partial charge on any atom is -0.465 e. The maximum atomic E-state index is 12.9. The molecule has 0 aliphatic carbocycles. The number of nitrogens with zero attached hydrogens (tertiary/aromatic N) is 2. The second kappa shape index (κ2) is 11.9. The van der Waals surface area contributed by atoms with Crippen molar-refractivity contribution < 1.29 is 18.8 Å². The molecule has 1 fully saturated rings. The van der Waals surface area contributed by atoms with Gasteiger partial charge < -0.3 is 19.5 Å². The number of hydrogen-bond donors (Lipinski definition) is 1. The molecule has 0 bridgehead atoms. The van der Waals surface area contributed by atoms with Gasteiger partial charge in [-0.15, -0.1) is 0 Å². The van der Waals surface area contributed by atoms with Crippen LogP contribution in [-0.4, -0.2) is 59.7 Å². The monoisotopic (exact) mass is 437 g/mol. The lowest BCUT2D eigenvalue weighted by molar-refractivity contribution is -0.134. The maximum Gasteiger partial charge on any atom is 0.253 e. The van der Waals surface area contributed by atoms with Crippen molar-refractivity contribution in [2.75, 3.05) is 26.2 Å². The normalized spacial score (nSPS) is 14.5. The van der Waals surface area contributed by atoms with E-state index >= 15 is 0 Å². The molecular formula is C25H31N3O4. The summed E-state index contributed by atoms with van der Waals surface area (Å²) in [6.45, 7) is 4.30. The second-order valence-electron chi connectivity index (χ2n) is 7.87. The molecule has 0 atom stereocenters. The van der Waals surface area contributed by atoms with E-state index in [9.17, 15) is 14.4 Å². The van der Waals surface area contributed by atoms with E-state index in [1.807, 2.05) is 40.1 Å². The van der Waals surface area contributed by atoms with Crippen LogP contribution in [0.5, 0.6) is 0 Å². The SMILES string of the molecule is CCCN(C(=O)CCNC(=O)/C=C/c1ccco1)C1CCN(C(=O)c2ccccc2)CC1. The topological polar surface area (TPSA) is 82.9 Å². The molecule has 1 saturated heterocycles. The van der Waals surface area contributed by atoms with Gasteiger partial charge in [-0.1, -0.05) is 25.1 Å². The highest BCUT2D eigenvalue weighted by atomic mass is 16.3. The molecular weight excluding hydrogens is 406 g/mol.